The molecule has 0 radical (unpaired) electrons. The van der Waals surface area contributed by atoms with Crippen LogP contribution in [0.3, 0.4) is 0 Å². The number of nitrogens with one attached hydrogen (secondary N) is 1. The third-order valence-corrected chi connectivity index (χ3v) is 3.23. The van der Waals surface area contributed by atoms with E-state index in [0.29, 0.717) is 21.8 Å². The highest BCUT2D eigenvalue weighted by Crippen LogP contribution is 2.20. The zero-order valence-corrected chi connectivity index (χ0v) is 12.5. The van der Waals surface area contributed by atoms with E-state index >= 15 is 0 Å². The zero-order valence-electron chi connectivity index (χ0n) is 10.2. The standard InChI is InChI=1S/C14H10BrClN2O2/c15-10-5-9(6-11(16)7-10)14(20)18-12-3-1-8(2-4-12)13(17)19/h1-7H,(H2,17,19)(H,18,20). The number of carbonyl (C=O) groups excluding carboxylic acids is 2. The van der Waals surface area contributed by atoms with Gasteiger partial charge in [0.05, 0.1) is 0 Å². The second kappa shape index (κ2) is 6.07. The Balaban J connectivity index is 2.16. The summed E-state index contributed by atoms with van der Waals surface area (Å²) >= 11 is 9.17. The lowest BCUT2D eigenvalue weighted by Gasteiger charge is -2.06. The second-order valence-corrected chi connectivity index (χ2v) is 5.41. The van der Waals surface area contributed by atoms with Crippen LogP contribution >= 0.6 is 27.5 Å². The SMILES string of the molecule is NC(=O)c1ccc(NC(=O)c2cc(Cl)cc(Br)c2)cc1. The molecule has 0 aliphatic carbocycles. The monoisotopic (exact) mass is 352 g/mol. The highest BCUT2D eigenvalue weighted by Gasteiger charge is 2.08. The summed E-state index contributed by atoms with van der Waals surface area (Å²) in [5.41, 5.74) is 6.53. The van der Waals surface area contributed by atoms with Gasteiger partial charge in [0, 0.05) is 26.3 Å². The van der Waals surface area contributed by atoms with E-state index in [-0.39, 0.29) is 5.91 Å². The van der Waals surface area contributed by atoms with Gasteiger partial charge in [-0.05, 0) is 42.5 Å². The number of hydrogen-bond acceptors (Lipinski definition) is 2. The Morgan fingerprint density at radius 1 is 1.05 bits per heavy atom. The molecule has 0 atom stereocenters. The van der Waals surface area contributed by atoms with Gasteiger partial charge in [-0.3, -0.25) is 9.59 Å². The average Bonchev–Trinajstić information content (AvgIpc) is 2.38. The molecule has 0 aliphatic heterocycles. The van der Waals surface area contributed by atoms with Gasteiger partial charge in [-0.15, -0.1) is 0 Å². The number of halogens is 2. The van der Waals surface area contributed by atoms with Crippen LogP contribution in [0, 0.1) is 0 Å². The summed E-state index contributed by atoms with van der Waals surface area (Å²) in [6.45, 7) is 0. The predicted octanol–water partition coefficient (Wildman–Crippen LogP) is 3.45. The fourth-order valence-electron chi connectivity index (χ4n) is 1.61. The second-order valence-electron chi connectivity index (χ2n) is 4.05. The number of benzene rings is 2. The minimum absolute atomic E-state index is 0.292. The van der Waals surface area contributed by atoms with Gasteiger partial charge in [0.1, 0.15) is 0 Å². The van der Waals surface area contributed by atoms with Crippen LogP contribution in [-0.4, -0.2) is 11.8 Å². The number of rotatable bonds is 3. The molecule has 20 heavy (non-hydrogen) atoms. The molecule has 2 aromatic rings. The Hall–Kier alpha value is -1.85. The highest BCUT2D eigenvalue weighted by atomic mass is 79.9. The molecular weight excluding hydrogens is 344 g/mol. The van der Waals surface area contributed by atoms with Crippen molar-refractivity contribution >= 4 is 45.0 Å². The third-order valence-electron chi connectivity index (χ3n) is 2.55. The largest absolute Gasteiger partial charge is 0.366 e. The van der Waals surface area contributed by atoms with Crippen molar-refractivity contribution in [1.82, 2.24) is 0 Å². The van der Waals surface area contributed by atoms with Crippen LogP contribution < -0.4 is 11.1 Å². The summed E-state index contributed by atoms with van der Waals surface area (Å²) in [6.07, 6.45) is 0. The van der Waals surface area contributed by atoms with Crippen molar-refractivity contribution in [1.29, 1.82) is 0 Å². The maximum absolute atomic E-state index is 12.1. The van der Waals surface area contributed by atoms with E-state index in [1.165, 1.54) is 0 Å². The van der Waals surface area contributed by atoms with E-state index in [2.05, 4.69) is 21.2 Å². The lowest BCUT2D eigenvalue weighted by Crippen LogP contribution is -2.13. The number of anilines is 1. The molecular formula is C14H10BrClN2O2. The molecule has 2 amide bonds. The fraction of sp³-hybridized carbons (Fsp3) is 0. The molecule has 102 valence electrons. The van der Waals surface area contributed by atoms with E-state index in [9.17, 15) is 9.59 Å². The normalized spacial score (nSPS) is 10.1. The lowest BCUT2D eigenvalue weighted by molar-refractivity contribution is 0.0998. The van der Waals surface area contributed by atoms with Crippen molar-refractivity contribution < 1.29 is 9.59 Å². The molecule has 0 bridgehead atoms. The number of carbonyl (C=O) groups is 2. The molecule has 0 saturated heterocycles. The molecule has 0 fully saturated rings. The summed E-state index contributed by atoms with van der Waals surface area (Å²) in [6, 6.07) is 11.2. The van der Waals surface area contributed by atoms with Crippen LogP contribution in [0.5, 0.6) is 0 Å². The number of primary amides is 1. The van der Waals surface area contributed by atoms with Crippen LogP contribution in [0.1, 0.15) is 20.7 Å². The van der Waals surface area contributed by atoms with Crippen LogP contribution in [0.4, 0.5) is 5.69 Å². The number of nitrogens with two attached hydrogens (primary N) is 1. The Morgan fingerprint density at radius 2 is 1.70 bits per heavy atom. The van der Waals surface area contributed by atoms with E-state index in [1.54, 1.807) is 42.5 Å². The zero-order chi connectivity index (χ0) is 14.7. The Labute approximate surface area is 129 Å². The molecule has 6 heteroatoms. The van der Waals surface area contributed by atoms with Crippen LogP contribution in [0.25, 0.3) is 0 Å². The van der Waals surface area contributed by atoms with E-state index < -0.39 is 5.91 Å². The van der Waals surface area contributed by atoms with Crippen molar-refractivity contribution in [3.8, 4) is 0 Å². The first-order valence-corrected chi connectivity index (χ1v) is 6.80. The van der Waals surface area contributed by atoms with Gasteiger partial charge in [-0.2, -0.15) is 0 Å². The Morgan fingerprint density at radius 3 is 2.25 bits per heavy atom. The molecule has 0 spiro atoms. The summed E-state index contributed by atoms with van der Waals surface area (Å²) in [4.78, 5) is 23.0. The first kappa shape index (κ1) is 14.6. The van der Waals surface area contributed by atoms with Gasteiger partial charge in [0.15, 0.2) is 0 Å². The summed E-state index contributed by atoms with van der Waals surface area (Å²) < 4.78 is 0.722. The predicted molar refractivity (Wildman–Crippen MR) is 82.1 cm³/mol. The Kier molecular flexibility index (Phi) is 4.42. The minimum Gasteiger partial charge on any atom is -0.366 e. The molecule has 4 nitrogen and oxygen atoms in total. The maximum atomic E-state index is 12.1. The van der Waals surface area contributed by atoms with E-state index in [0.717, 1.165) is 4.47 Å². The molecule has 0 heterocycles. The first-order valence-electron chi connectivity index (χ1n) is 5.63. The van der Waals surface area contributed by atoms with Crippen molar-refractivity contribution in [2.24, 2.45) is 5.73 Å². The smallest absolute Gasteiger partial charge is 0.255 e. The maximum Gasteiger partial charge on any atom is 0.255 e. The topological polar surface area (TPSA) is 72.2 Å². The van der Waals surface area contributed by atoms with Crippen LogP contribution in [0.2, 0.25) is 5.02 Å². The highest BCUT2D eigenvalue weighted by molar-refractivity contribution is 9.10. The van der Waals surface area contributed by atoms with Crippen molar-refractivity contribution in [3.63, 3.8) is 0 Å². The average molecular weight is 354 g/mol. The van der Waals surface area contributed by atoms with Gasteiger partial charge < -0.3 is 11.1 Å². The summed E-state index contributed by atoms with van der Waals surface area (Å²) in [7, 11) is 0. The Bertz CT molecular complexity index is 651. The van der Waals surface area contributed by atoms with E-state index in [4.69, 9.17) is 17.3 Å². The lowest BCUT2D eigenvalue weighted by atomic mass is 10.2. The van der Waals surface area contributed by atoms with Gasteiger partial charge in [-0.1, -0.05) is 27.5 Å². The van der Waals surface area contributed by atoms with Crippen molar-refractivity contribution in [2.75, 3.05) is 5.32 Å². The van der Waals surface area contributed by atoms with Crippen molar-refractivity contribution in [2.45, 2.75) is 0 Å². The molecule has 0 aromatic heterocycles. The van der Waals surface area contributed by atoms with E-state index in [1.807, 2.05) is 0 Å². The van der Waals surface area contributed by atoms with Gasteiger partial charge in [0.2, 0.25) is 5.91 Å². The van der Waals surface area contributed by atoms with Crippen LogP contribution in [-0.2, 0) is 0 Å². The molecule has 3 N–H and O–H groups in total. The van der Waals surface area contributed by atoms with Crippen molar-refractivity contribution in [3.05, 3.63) is 63.1 Å². The van der Waals surface area contributed by atoms with Gasteiger partial charge >= 0.3 is 0 Å². The fourth-order valence-corrected chi connectivity index (χ4v) is 2.47. The quantitative estimate of drug-likeness (QED) is 0.887. The minimum atomic E-state index is -0.512. The molecule has 2 rings (SSSR count). The van der Waals surface area contributed by atoms with Crippen LogP contribution in [0.15, 0.2) is 46.9 Å². The molecule has 0 unspecified atom stereocenters. The van der Waals surface area contributed by atoms with Gasteiger partial charge in [0.25, 0.3) is 5.91 Å². The third kappa shape index (κ3) is 3.59. The molecule has 2 aromatic carbocycles. The number of hydrogen-bond donors (Lipinski definition) is 2. The van der Waals surface area contributed by atoms with Gasteiger partial charge in [-0.25, -0.2) is 0 Å². The summed E-state index contributed by atoms with van der Waals surface area (Å²) in [5, 5.41) is 3.17. The molecule has 0 aliphatic rings. The number of amides is 2. The first-order chi connectivity index (χ1) is 9.45. The molecule has 0 saturated carbocycles. The summed E-state index contributed by atoms with van der Waals surface area (Å²) in [5.74, 6) is -0.804.